The fraction of sp³-hybridized carbons (Fsp3) is 0.364. The summed E-state index contributed by atoms with van der Waals surface area (Å²) in [5.74, 6) is -1.11. The number of aromatic hydroxyl groups is 1. The fourth-order valence-electron chi connectivity index (χ4n) is 3.26. The second-order valence-electron chi connectivity index (χ2n) is 7.33. The number of nitrogens with zero attached hydrogens (tertiary/aromatic N) is 1. The summed E-state index contributed by atoms with van der Waals surface area (Å²) in [6.07, 6.45) is 0. The molecule has 1 aliphatic rings. The summed E-state index contributed by atoms with van der Waals surface area (Å²) in [4.78, 5) is 27.2. The Hall–Kier alpha value is -2.65. The van der Waals surface area contributed by atoms with Gasteiger partial charge in [0.15, 0.2) is 0 Å². The van der Waals surface area contributed by atoms with Crippen molar-refractivity contribution >= 4 is 23.4 Å². The summed E-state index contributed by atoms with van der Waals surface area (Å²) in [7, 11) is 0. The van der Waals surface area contributed by atoms with Crippen LogP contribution in [-0.2, 0) is 22.6 Å². The average Bonchev–Trinajstić information content (AvgIpc) is 2.77. The third-order valence-electron chi connectivity index (χ3n) is 4.93. The molecule has 166 valence electrons. The molecule has 1 saturated heterocycles. The molecule has 31 heavy (non-hydrogen) atoms. The first-order chi connectivity index (χ1) is 14.9. The van der Waals surface area contributed by atoms with Crippen LogP contribution in [0.4, 0.5) is 0 Å². The van der Waals surface area contributed by atoms with E-state index in [1.807, 2.05) is 0 Å². The van der Waals surface area contributed by atoms with E-state index in [0.717, 1.165) is 24.2 Å². The van der Waals surface area contributed by atoms with Gasteiger partial charge < -0.3 is 25.6 Å². The Morgan fingerprint density at radius 3 is 2.48 bits per heavy atom. The molecule has 2 aromatic rings. The SMILES string of the molecule is O=C(NC(CO)C(=O)NCc1ccc(Cl)cc1)c1cc(O)cc(CN2CCOCC2)c1. The van der Waals surface area contributed by atoms with Crippen LogP contribution < -0.4 is 10.6 Å². The van der Waals surface area contributed by atoms with Gasteiger partial charge in [-0.1, -0.05) is 23.7 Å². The highest BCUT2D eigenvalue weighted by Gasteiger charge is 2.21. The first-order valence-corrected chi connectivity index (χ1v) is 10.4. The van der Waals surface area contributed by atoms with Gasteiger partial charge in [-0.25, -0.2) is 0 Å². The van der Waals surface area contributed by atoms with Crippen molar-refractivity contribution < 1.29 is 24.5 Å². The maximum absolute atomic E-state index is 12.7. The summed E-state index contributed by atoms with van der Waals surface area (Å²) in [5.41, 5.74) is 1.83. The van der Waals surface area contributed by atoms with Gasteiger partial charge in [-0.05, 0) is 41.5 Å². The number of halogens is 1. The Labute approximate surface area is 185 Å². The van der Waals surface area contributed by atoms with Crippen molar-refractivity contribution in [1.29, 1.82) is 0 Å². The van der Waals surface area contributed by atoms with E-state index in [1.54, 1.807) is 36.4 Å². The molecule has 0 radical (unpaired) electrons. The second-order valence-corrected chi connectivity index (χ2v) is 7.77. The first kappa shape index (κ1) is 23.0. The molecular weight excluding hydrogens is 422 g/mol. The van der Waals surface area contributed by atoms with Gasteiger partial charge in [0.1, 0.15) is 11.8 Å². The zero-order valence-corrected chi connectivity index (χ0v) is 17.8. The molecule has 1 unspecified atom stereocenters. The molecule has 0 aromatic heterocycles. The molecule has 4 N–H and O–H groups in total. The lowest BCUT2D eigenvalue weighted by molar-refractivity contribution is -0.124. The predicted octanol–water partition coefficient (Wildman–Crippen LogP) is 1.28. The van der Waals surface area contributed by atoms with Crippen LogP contribution in [0.15, 0.2) is 42.5 Å². The highest BCUT2D eigenvalue weighted by atomic mass is 35.5. The normalized spacial score (nSPS) is 15.3. The molecule has 9 heteroatoms. The number of aliphatic hydroxyl groups is 1. The van der Waals surface area contributed by atoms with Gasteiger partial charge in [0, 0.05) is 36.8 Å². The van der Waals surface area contributed by atoms with Crippen molar-refractivity contribution in [3.63, 3.8) is 0 Å². The topological polar surface area (TPSA) is 111 Å². The number of ether oxygens (including phenoxy) is 1. The Morgan fingerprint density at radius 1 is 1.10 bits per heavy atom. The molecule has 2 aromatic carbocycles. The van der Waals surface area contributed by atoms with Crippen molar-refractivity contribution in [2.75, 3.05) is 32.9 Å². The summed E-state index contributed by atoms with van der Waals surface area (Å²) in [5, 5.41) is 25.4. The van der Waals surface area contributed by atoms with Gasteiger partial charge in [-0.3, -0.25) is 14.5 Å². The van der Waals surface area contributed by atoms with Gasteiger partial charge in [0.05, 0.1) is 19.8 Å². The number of nitrogens with one attached hydrogen (secondary N) is 2. The number of morpholine rings is 1. The highest BCUT2D eigenvalue weighted by molar-refractivity contribution is 6.30. The fourth-order valence-corrected chi connectivity index (χ4v) is 3.39. The minimum absolute atomic E-state index is 0.0383. The van der Waals surface area contributed by atoms with Gasteiger partial charge in [0.2, 0.25) is 5.91 Å². The number of amides is 2. The molecule has 2 amide bonds. The number of phenols is 1. The Morgan fingerprint density at radius 2 is 1.81 bits per heavy atom. The zero-order chi connectivity index (χ0) is 22.2. The Bertz CT molecular complexity index is 901. The summed E-state index contributed by atoms with van der Waals surface area (Å²) >= 11 is 5.85. The van der Waals surface area contributed by atoms with Crippen LogP contribution >= 0.6 is 11.6 Å². The van der Waals surface area contributed by atoms with E-state index < -0.39 is 24.5 Å². The summed E-state index contributed by atoms with van der Waals surface area (Å²) in [6.45, 7) is 3.10. The van der Waals surface area contributed by atoms with Gasteiger partial charge >= 0.3 is 0 Å². The Balaban J connectivity index is 1.60. The summed E-state index contributed by atoms with van der Waals surface area (Å²) in [6, 6.07) is 10.5. The van der Waals surface area contributed by atoms with E-state index >= 15 is 0 Å². The largest absolute Gasteiger partial charge is 0.508 e. The van der Waals surface area contributed by atoms with Crippen molar-refractivity contribution in [2.45, 2.75) is 19.1 Å². The number of rotatable bonds is 8. The number of carbonyl (C=O) groups excluding carboxylic acids is 2. The Kier molecular flexibility index (Phi) is 8.25. The third-order valence-corrected chi connectivity index (χ3v) is 5.19. The molecule has 0 saturated carbocycles. The average molecular weight is 448 g/mol. The highest BCUT2D eigenvalue weighted by Crippen LogP contribution is 2.18. The second kappa shape index (κ2) is 11.1. The third kappa shape index (κ3) is 6.93. The summed E-state index contributed by atoms with van der Waals surface area (Å²) < 4.78 is 5.33. The number of aliphatic hydroxyl groups excluding tert-OH is 1. The number of benzene rings is 2. The molecule has 1 atom stereocenters. The van der Waals surface area contributed by atoms with Crippen LogP contribution in [0.25, 0.3) is 0 Å². The minimum Gasteiger partial charge on any atom is -0.508 e. The smallest absolute Gasteiger partial charge is 0.252 e. The number of hydrogen-bond acceptors (Lipinski definition) is 6. The number of phenolic OH excluding ortho intramolecular Hbond substituents is 1. The lowest BCUT2D eigenvalue weighted by Crippen LogP contribution is -2.48. The van der Waals surface area contributed by atoms with E-state index in [0.29, 0.717) is 24.8 Å². The monoisotopic (exact) mass is 447 g/mol. The lowest BCUT2D eigenvalue weighted by Gasteiger charge is -2.26. The first-order valence-electron chi connectivity index (χ1n) is 10.0. The quantitative estimate of drug-likeness (QED) is 0.485. The molecule has 1 fully saturated rings. The van der Waals surface area contributed by atoms with Crippen LogP contribution in [0.5, 0.6) is 5.75 Å². The molecule has 0 aliphatic carbocycles. The molecule has 0 spiro atoms. The van der Waals surface area contributed by atoms with Gasteiger partial charge in [-0.2, -0.15) is 0 Å². The van der Waals surface area contributed by atoms with Crippen LogP contribution in [0.3, 0.4) is 0 Å². The minimum atomic E-state index is -1.12. The van der Waals surface area contributed by atoms with E-state index in [-0.39, 0.29) is 17.9 Å². The van der Waals surface area contributed by atoms with E-state index in [2.05, 4.69) is 15.5 Å². The molecule has 3 rings (SSSR count). The van der Waals surface area contributed by atoms with Crippen LogP contribution in [-0.4, -0.2) is 65.9 Å². The molecular formula is C22H26ClN3O5. The van der Waals surface area contributed by atoms with E-state index in [1.165, 1.54) is 6.07 Å². The zero-order valence-electron chi connectivity index (χ0n) is 17.0. The van der Waals surface area contributed by atoms with Crippen molar-refractivity contribution in [2.24, 2.45) is 0 Å². The van der Waals surface area contributed by atoms with Crippen LogP contribution in [0.2, 0.25) is 5.02 Å². The number of hydrogen-bond donors (Lipinski definition) is 4. The van der Waals surface area contributed by atoms with Crippen molar-refractivity contribution in [3.05, 3.63) is 64.2 Å². The molecule has 0 bridgehead atoms. The van der Waals surface area contributed by atoms with Crippen molar-refractivity contribution in [3.8, 4) is 5.75 Å². The van der Waals surface area contributed by atoms with E-state index in [4.69, 9.17) is 16.3 Å². The maximum atomic E-state index is 12.7. The van der Waals surface area contributed by atoms with Crippen LogP contribution in [0.1, 0.15) is 21.5 Å². The van der Waals surface area contributed by atoms with Crippen molar-refractivity contribution in [1.82, 2.24) is 15.5 Å². The maximum Gasteiger partial charge on any atom is 0.252 e. The van der Waals surface area contributed by atoms with E-state index in [9.17, 15) is 19.8 Å². The van der Waals surface area contributed by atoms with Gasteiger partial charge in [-0.15, -0.1) is 0 Å². The van der Waals surface area contributed by atoms with Gasteiger partial charge in [0.25, 0.3) is 5.91 Å². The number of carbonyl (C=O) groups is 2. The predicted molar refractivity (Wildman–Crippen MR) is 116 cm³/mol. The molecule has 1 heterocycles. The van der Waals surface area contributed by atoms with Crippen LogP contribution in [0, 0.1) is 0 Å². The molecule has 8 nitrogen and oxygen atoms in total. The lowest BCUT2D eigenvalue weighted by atomic mass is 10.1. The standard InChI is InChI=1S/C22H26ClN3O5/c23-18-3-1-15(2-4-18)12-24-22(30)20(14-27)25-21(29)17-9-16(10-19(28)11-17)13-26-5-7-31-8-6-26/h1-4,9-11,20,27-28H,5-8,12-14H2,(H,24,30)(H,25,29). The molecule has 1 aliphatic heterocycles.